The number of pyridine rings is 1. The fourth-order valence-electron chi connectivity index (χ4n) is 5.12. The molecule has 5 heterocycles. The largest absolute Gasteiger partial charge is 0.457 e. The van der Waals surface area contributed by atoms with E-state index in [-0.39, 0.29) is 23.9 Å². The second-order valence-electron chi connectivity index (χ2n) is 9.51. The Morgan fingerprint density at radius 2 is 2.08 bits per heavy atom. The van der Waals surface area contributed by atoms with Crippen LogP contribution < -0.4 is 9.64 Å². The summed E-state index contributed by atoms with van der Waals surface area (Å²) in [4.78, 5) is 34.6. The molecule has 1 amide bonds. The number of ether oxygens (including phenoxy) is 1. The van der Waals surface area contributed by atoms with Crippen molar-refractivity contribution in [3.05, 3.63) is 66.6 Å². The predicted molar refractivity (Wildman–Crippen MR) is 134 cm³/mol. The number of nitrogens with one attached hydrogen (secondary N) is 1. The van der Waals surface area contributed by atoms with Crippen LogP contribution in [0.4, 0.5) is 5.95 Å². The molecular weight excluding hydrogens is 456 g/mol. The molecule has 2 fully saturated rings. The molecule has 1 aromatic carbocycles. The van der Waals surface area contributed by atoms with Crippen molar-refractivity contribution in [1.82, 2.24) is 35.0 Å². The first-order valence-electron chi connectivity index (χ1n) is 11.9. The van der Waals surface area contributed by atoms with Crippen molar-refractivity contribution in [2.24, 2.45) is 5.41 Å². The van der Waals surface area contributed by atoms with Gasteiger partial charge in [-0.15, -0.1) is 0 Å². The van der Waals surface area contributed by atoms with E-state index in [9.17, 15) is 4.79 Å². The average molecular weight is 483 g/mol. The summed E-state index contributed by atoms with van der Waals surface area (Å²) in [6.45, 7) is 8.90. The molecule has 0 atom stereocenters. The minimum Gasteiger partial charge on any atom is -0.457 e. The lowest BCUT2D eigenvalue weighted by atomic mass is 9.79. The molecule has 4 aromatic rings. The van der Waals surface area contributed by atoms with Gasteiger partial charge in [-0.25, -0.2) is 0 Å². The number of hydrogen-bond acceptors (Lipinski definition) is 8. The zero-order valence-electron chi connectivity index (χ0n) is 20.0. The van der Waals surface area contributed by atoms with Crippen LogP contribution in [0.5, 0.6) is 6.01 Å². The Bertz CT molecular complexity index is 1450. The van der Waals surface area contributed by atoms with Crippen molar-refractivity contribution in [1.29, 1.82) is 0 Å². The molecule has 0 radical (unpaired) electrons. The molecule has 10 nitrogen and oxygen atoms in total. The number of benzene rings is 1. The Morgan fingerprint density at radius 3 is 2.89 bits per heavy atom. The minimum atomic E-state index is -0.0181. The number of nitrogens with zero attached hydrogens (tertiary/aromatic N) is 7. The number of carbonyl (C=O) groups excluding carboxylic acids is 1. The maximum Gasteiger partial charge on any atom is 0.322 e. The third-order valence-electron chi connectivity index (χ3n) is 6.99. The molecule has 2 saturated heterocycles. The molecule has 0 bridgehead atoms. The number of rotatable bonds is 6. The number of aromatic amines is 1. The molecule has 10 heteroatoms. The Kier molecular flexibility index (Phi) is 5.36. The standard InChI is InChI=1S/C26H26N8O2/c1-3-21(35)34-15-26(16-34)9-11-33(14-26)24-29-23(22-17(2)7-8-20-19(22)12-28-32-20)30-25(31-24)36-13-18-6-4-5-10-27-18/h3-8,10,12H,1,9,11,13-16H2,2H3,(H,28,32). The number of H-pyrrole nitrogens is 1. The van der Waals surface area contributed by atoms with Gasteiger partial charge in [-0.05, 0) is 43.2 Å². The number of amides is 1. The quantitative estimate of drug-likeness (QED) is 0.418. The fourth-order valence-corrected chi connectivity index (χ4v) is 5.12. The third kappa shape index (κ3) is 3.94. The summed E-state index contributed by atoms with van der Waals surface area (Å²) < 4.78 is 6.00. The number of carbonyl (C=O) groups is 1. The minimum absolute atomic E-state index is 0.0181. The topological polar surface area (TPSA) is 113 Å². The van der Waals surface area contributed by atoms with Crippen LogP contribution >= 0.6 is 0 Å². The number of aryl methyl sites for hydroxylation is 1. The van der Waals surface area contributed by atoms with Gasteiger partial charge in [0.2, 0.25) is 11.9 Å². The highest BCUT2D eigenvalue weighted by atomic mass is 16.5. The Balaban J connectivity index is 1.34. The van der Waals surface area contributed by atoms with E-state index in [0.29, 0.717) is 11.8 Å². The second kappa shape index (κ2) is 8.71. The van der Waals surface area contributed by atoms with Crippen LogP contribution in [0.3, 0.4) is 0 Å². The van der Waals surface area contributed by atoms with E-state index in [1.165, 1.54) is 6.08 Å². The van der Waals surface area contributed by atoms with Gasteiger partial charge in [-0.3, -0.25) is 14.9 Å². The lowest BCUT2D eigenvalue weighted by Gasteiger charge is -2.47. The van der Waals surface area contributed by atoms with E-state index < -0.39 is 0 Å². The van der Waals surface area contributed by atoms with E-state index in [1.807, 2.05) is 42.2 Å². The monoisotopic (exact) mass is 482 g/mol. The molecule has 0 saturated carbocycles. The maximum absolute atomic E-state index is 12.0. The van der Waals surface area contributed by atoms with Crippen molar-refractivity contribution < 1.29 is 9.53 Å². The SMILES string of the molecule is C=CC(=O)N1CC2(CCN(c3nc(OCc4ccccn4)nc(-c4c(C)ccc5[nH]ncc45)n3)C2)C1. The van der Waals surface area contributed by atoms with Gasteiger partial charge < -0.3 is 14.5 Å². The smallest absolute Gasteiger partial charge is 0.322 e. The highest BCUT2D eigenvalue weighted by molar-refractivity contribution is 5.94. The van der Waals surface area contributed by atoms with Crippen LogP contribution in [0.15, 0.2) is 55.4 Å². The summed E-state index contributed by atoms with van der Waals surface area (Å²) in [5, 5.41) is 8.17. The molecule has 3 aromatic heterocycles. The van der Waals surface area contributed by atoms with Crippen molar-refractivity contribution in [3.8, 4) is 17.4 Å². The summed E-state index contributed by atoms with van der Waals surface area (Å²) in [5.74, 6) is 1.09. The molecular formula is C26H26N8O2. The molecule has 2 aliphatic rings. The molecule has 36 heavy (non-hydrogen) atoms. The third-order valence-corrected chi connectivity index (χ3v) is 6.99. The lowest BCUT2D eigenvalue weighted by molar-refractivity contribution is -0.136. The molecule has 0 unspecified atom stereocenters. The molecule has 1 spiro atoms. The summed E-state index contributed by atoms with van der Waals surface area (Å²) >= 11 is 0. The zero-order valence-corrected chi connectivity index (χ0v) is 20.0. The number of hydrogen-bond donors (Lipinski definition) is 1. The van der Waals surface area contributed by atoms with Crippen molar-refractivity contribution in [2.45, 2.75) is 20.0 Å². The summed E-state index contributed by atoms with van der Waals surface area (Å²) in [5.41, 5.74) is 3.69. The fraction of sp³-hybridized carbons (Fsp3) is 0.308. The Morgan fingerprint density at radius 1 is 1.19 bits per heavy atom. The van der Waals surface area contributed by atoms with Gasteiger partial charge >= 0.3 is 6.01 Å². The van der Waals surface area contributed by atoms with Crippen LogP contribution in [0, 0.1) is 12.3 Å². The first-order valence-corrected chi connectivity index (χ1v) is 11.9. The van der Waals surface area contributed by atoms with Gasteiger partial charge in [-0.1, -0.05) is 18.7 Å². The van der Waals surface area contributed by atoms with Crippen molar-refractivity contribution >= 4 is 22.8 Å². The van der Waals surface area contributed by atoms with Gasteiger partial charge in [0.25, 0.3) is 0 Å². The number of fused-ring (bicyclic) bond motifs is 1. The molecule has 2 aliphatic heterocycles. The van der Waals surface area contributed by atoms with Crippen LogP contribution in [0.25, 0.3) is 22.3 Å². The van der Waals surface area contributed by atoms with Crippen molar-refractivity contribution in [2.75, 3.05) is 31.1 Å². The summed E-state index contributed by atoms with van der Waals surface area (Å²) in [6, 6.07) is 9.96. The van der Waals surface area contributed by atoms with Crippen LogP contribution in [-0.4, -0.2) is 67.1 Å². The van der Waals surface area contributed by atoms with Crippen LogP contribution in [-0.2, 0) is 11.4 Å². The molecule has 1 N–H and O–H groups in total. The normalized spacial score (nSPS) is 16.4. The molecule has 182 valence electrons. The Labute approximate surface area is 208 Å². The number of aromatic nitrogens is 6. The van der Waals surface area contributed by atoms with Gasteiger partial charge in [0.05, 0.1) is 17.4 Å². The second-order valence-corrected chi connectivity index (χ2v) is 9.51. The van der Waals surface area contributed by atoms with Crippen molar-refractivity contribution in [3.63, 3.8) is 0 Å². The van der Waals surface area contributed by atoms with E-state index in [4.69, 9.17) is 14.7 Å². The van der Waals surface area contributed by atoms with Crippen LogP contribution in [0.1, 0.15) is 17.7 Å². The zero-order chi connectivity index (χ0) is 24.7. The summed E-state index contributed by atoms with van der Waals surface area (Å²) in [6.07, 6.45) is 5.87. The lowest BCUT2D eigenvalue weighted by Crippen LogP contribution is -2.59. The maximum atomic E-state index is 12.0. The highest BCUT2D eigenvalue weighted by Crippen LogP contribution is 2.41. The first-order chi connectivity index (χ1) is 17.5. The van der Waals surface area contributed by atoms with Gasteiger partial charge in [-0.2, -0.15) is 20.1 Å². The molecule has 6 rings (SSSR count). The highest BCUT2D eigenvalue weighted by Gasteiger charge is 2.49. The van der Waals surface area contributed by atoms with E-state index in [1.54, 1.807) is 12.4 Å². The van der Waals surface area contributed by atoms with Gasteiger partial charge in [0.1, 0.15) is 6.61 Å². The predicted octanol–water partition coefficient (Wildman–Crippen LogP) is 2.92. The Hall–Kier alpha value is -4.34. The first kappa shape index (κ1) is 22.1. The average Bonchev–Trinajstić information content (AvgIpc) is 3.54. The van der Waals surface area contributed by atoms with E-state index >= 15 is 0 Å². The van der Waals surface area contributed by atoms with Crippen LogP contribution in [0.2, 0.25) is 0 Å². The van der Waals surface area contributed by atoms with E-state index in [2.05, 4.69) is 31.6 Å². The number of anilines is 1. The van der Waals surface area contributed by atoms with E-state index in [0.717, 1.165) is 60.3 Å². The molecule has 0 aliphatic carbocycles. The number of likely N-dealkylation sites (tertiary alicyclic amines) is 1. The van der Waals surface area contributed by atoms with Gasteiger partial charge in [0, 0.05) is 48.7 Å². The van der Waals surface area contributed by atoms with Gasteiger partial charge in [0.15, 0.2) is 5.82 Å². The summed E-state index contributed by atoms with van der Waals surface area (Å²) in [7, 11) is 0.